The lowest BCUT2D eigenvalue weighted by Crippen LogP contribution is -2.47. The molecule has 19 heavy (non-hydrogen) atoms. The third-order valence-corrected chi connectivity index (χ3v) is 8.20. The predicted molar refractivity (Wildman–Crippen MR) is 83.3 cm³/mol. The van der Waals surface area contributed by atoms with Gasteiger partial charge in [-0.15, -0.1) is 22.9 Å². The van der Waals surface area contributed by atoms with Gasteiger partial charge in [-0.25, -0.2) is 0 Å². The van der Waals surface area contributed by atoms with E-state index in [1.165, 1.54) is 49.0 Å². The summed E-state index contributed by atoms with van der Waals surface area (Å²) in [7, 11) is 0. The van der Waals surface area contributed by atoms with Crippen LogP contribution in [0.3, 0.4) is 0 Å². The number of rotatable bonds is 2. The van der Waals surface area contributed by atoms with E-state index in [4.69, 9.17) is 23.2 Å². The molecule has 0 aromatic carbocycles. The molecule has 1 aromatic rings. The van der Waals surface area contributed by atoms with Crippen LogP contribution in [-0.2, 0) is 0 Å². The van der Waals surface area contributed by atoms with Crippen LogP contribution in [-0.4, -0.2) is 0 Å². The van der Waals surface area contributed by atoms with Gasteiger partial charge in [-0.05, 0) is 80.2 Å². The summed E-state index contributed by atoms with van der Waals surface area (Å²) in [5, 5.41) is 0.192. The van der Waals surface area contributed by atoms with Gasteiger partial charge in [0.25, 0.3) is 0 Å². The van der Waals surface area contributed by atoms with Crippen LogP contribution in [0.1, 0.15) is 54.3 Å². The Morgan fingerprint density at radius 1 is 1.16 bits per heavy atom. The maximum Gasteiger partial charge on any atom is 0.0960 e. The van der Waals surface area contributed by atoms with E-state index >= 15 is 0 Å². The van der Waals surface area contributed by atoms with E-state index in [9.17, 15) is 0 Å². The highest BCUT2D eigenvalue weighted by molar-refractivity contribution is 7.16. The van der Waals surface area contributed by atoms with Gasteiger partial charge in [-0.2, -0.15) is 0 Å². The summed E-state index contributed by atoms with van der Waals surface area (Å²) in [5.74, 6) is 2.89. The Kier molecular flexibility index (Phi) is 3.00. The highest BCUT2D eigenvalue weighted by Gasteiger charge is 2.54. The quantitative estimate of drug-likeness (QED) is 0.569. The molecule has 104 valence electrons. The van der Waals surface area contributed by atoms with Gasteiger partial charge in [0.15, 0.2) is 0 Å². The number of halogens is 2. The fourth-order valence-electron chi connectivity index (χ4n) is 5.40. The van der Waals surface area contributed by atoms with E-state index in [-0.39, 0.29) is 5.38 Å². The molecule has 0 spiro atoms. The van der Waals surface area contributed by atoms with Gasteiger partial charge < -0.3 is 0 Å². The zero-order valence-corrected chi connectivity index (χ0v) is 13.6. The molecule has 1 heterocycles. The van der Waals surface area contributed by atoms with Crippen LogP contribution in [0.5, 0.6) is 0 Å². The minimum absolute atomic E-state index is 0.192. The van der Waals surface area contributed by atoms with Gasteiger partial charge in [0.1, 0.15) is 0 Å². The lowest BCUT2D eigenvalue weighted by atomic mass is 9.48. The van der Waals surface area contributed by atoms with E-state index < -0.39 is 0 Å². The van der Waals surface area contributed by atoms with Crippen molar-refractivity contribution >= 4 is 34.5 Å². The number of thiophene rings is 1. The molecule has 0 nitrogen and oxygen atoms in total. The molecular formula is C16H20Cl2S. The molecule has 1 atom stereocenters. The SMILES string of the molecule is Cc1cc(C(Cl)C23CC4CC(CC(C4)C2)C3)sc1Cl. The highest BCUT2D eigenvalue weighted by atomic mass is 35.5. The molecule has 4 aliphatic rings. The average molecular weight is 315 g/mol. The van der Waals surface area contributed by atoms with E-state index in [2.05, 4.69) is 13.0 Å². The smallest absolute Gasteiger partial charge is 0.0960 e. The molecule has 5 rings (SSSR count). The minimum Gasteiger partial charge on any atom is -0.127 e. The van der Waals surface area contributed by atoms with E-state index in [0.717, 1.165) is 22.1 Å². The van der Waals surface area contributed by atoms with Gasteiger partial charge in [0, 0.05) is 4.88 Å². The standard InChI is InChI=1S/C16H20Cl2S/c1-9-2-13(19-15(9)18)14(17)16-6-10-3-11(7-16)5-12(4-10)8-16/h2,10-12,14H,3-8H2,1H3. The molecule has 0 N–H and O–H groups in total. The summed E-state index contributed by atoms with van der Waals surface area (Å²) >= 11 is 14.9. The second-order valence-electron chi connectivity index (χ2n) is 7.25. The monoisotopic (exact) mass is 314 g/mol. The van der Waals surface area contributed by atoms with Crippen molar-refractivity contribution in [2.24, 2.45) is 23.2 Å². The lowest BCUT2D eigenvalue weighted by Gasteiger charge is -2.58. The van der Waals surface area contributed by atoms with Gasteiger partial charge in [-0.3, -0.25) is 0 Å². The second-order valence-corrected chi connectivity index (χ2v) is 9.37. The average Bonchev–Trinajstić information content (AvgIpc) is 2.67. The van der Waals surface area contributed by atoms with E-state index in [1.54, 1.807) is 11.3 Å². The molecule has 0 saturated heterocycles. The molecule has 4 aliphatic carbocycles. The molecule has 0 radical (unpaired) electrons. The third kappa shape index (κ3) is 2.00. The summed E-state index contributed by atoms with van der Waals surface area (Å²) in [5.41, 5.74) is 1.58. The molecule has 0 amide bonds. The van der Waals surface area contributed by atoms with Crippen molar-refractivity contribution in [1.29, 1.82) is 0 Å². The second kappa shape index (κ2) is 4.39. The molecule has 1 unspecified atom stereocenters. The summed E-state index contributed by atoms with van der Waals surface area (Å²) in [6.07, 6.45) is 8.53. The van der Waals surface area contributed by atoms with Crippen LogP contribution < -0.4 is 0 Å². The van der Waals surface area contributed by atoms with Crippen molar-refractivity contribution in [3.05, 3.63) is 20.8 Å². The Labute approximate surface area is 129 Å². The number of hydrogen-bond donors (Lipinski definition) is 0. The predicted octanol–water partition coefficient (Wildman–Crippen LogP) is 6.21. The molecule has 1 aromatic heterocycles. The molecule has 4 saturated carbocycles. The lowest BCUT2D eigenvalue weighted by molar-refractivity contribution is -0.0547. The van der Waals surface area contributed by atoms with E-state index in [1.807, 2.05) is 0 Å². The Morgan fingerprint density at radius 2 is 1.68 bits per heavy atom. The minimum atomic E-state index is 0.192. The first kappa shape index (κ1) is 13.0. The first-order chi connectivity index (χ1) is 9.06. The Hall–Kier alpha value is 0.280. The Bertz CT molecular complexity index is 450. The van der Waals surface area contributed by atoms with Gasteiger partial charge in [0.05, 0.1) is 9.71 Å². The van der Waals surface area contributed by atoms with Gasteiger partial charge in [-0.1, -0.05) is 11.6 Å². The van der Waals surface area contributed by atoms with Gasteiger partial charge >= 0.3 is 0 Å². The summed E-state index contributed by atoms with van der Waals surface area (Å²) in [6.45, 7) is 2.09. The summed E-state index contributed by atoms with van der Waals surface area (Å²) in [4.78, 5) is 1.31. The maximum atomic E-state index is 6.96. The summed E-state index contributed by atoms with van der Waals surface area (Å²) < 4.78 is 0.922. The van der Waals surface area contributed by atoms with Crippen molar-refractivity contribution in [3.63, 3.8) is 0 Å². The number of aryl methyl sites for hydroxylation is 1. The maximum absolute atomic E-state index is 6.96. The van der Waals surface area contributed by atoms with Crippen molar-refractivity contribution < 1.29 is 0 Å². The van der Waals surface area contributed by atoms with Crippen LogP contribution in [0, 0.1) is 30.1 Å². The zero-order valence-electron chi connectivity index (χ0n) is 11.3. The number of alkyl halides is 1. The van der Waals surface area contributed by atoms with Crippen LogP contribution in [0.2, 0.25) is 4.34 Å². The first-order valence-corrected chi connectivity index (χ1v) is 9.09. The topological polar surface area (TPSA) is 0 Å². The fourth-order valence-corrected chi connectivity index (χ4v) is 7.20. The number of hydrogen-bond acceptors (Lipinski definition) is 1. The Balaban J connectivity index is 1.67. The summed E-state index contributed by atoms with van der Waals surface area (Å²) in [6, 6.07) is 2.23. The van der Waals surface area contributed by atoms with Crippen LogP contribution in [0.4, 0.5) is 0 Å². The molecule has 4 bridgehead atoms. The largest absolute Gasteiger partial charge is 0.127 e. The zero-order chi connectivity index (χ0) is 13.2. The molecule has 3 heteroatoms. The fraction of sp³-hybridized carbons (Fsp3) is 0.750. The molecular weight excluding hydrogens is 295 g/mol. The highest BCUT2D eigenvalue weighted by Crippen LogP contribution is 2.66. The normalized spacial score (nSPS) is 41.7. The van der Waals surface area contributed by atoms with Gasteiger partial charge in [0.2, 0.25) is 0 Å². The van der Waals surface area contributed by atoms with Crippen LogP contribution in [0.25, 0.3) is 0 Å². The van der Waals surface area contributed by atoms with Crippen LogP contribution >= 0.6 is 34.5 Å². The van der Waals surface area contributed by atoms with Crippen molar-refractivity contribution in [1.82, 2.24) is 0 Å². The van der Waals surface area contributed by atoms with Crippen molar-refractivity contribution in [3.8, 4) is 0 Å². The molecule has 4 fully saturated rings. The van der Waals surface area contributed by atoms with Crippen molar-refractivity contribution in [2.75, 3.05) is 0 Å². The van der Waals surface area contributed by atoms with E-state index in [0.29, 0.717) is 5.41 Å². The third-order valence-electron chi connectivity index (χ3n) is 5.75. The van der Waals surface area contributed by atoms with Crippen molar-refractivity contribution in [2.45, 2.75) is 50.8 Å². The first-order valence-electron chi connectivity index (χ1n) is 7.46. The molecule has 0 aliphatic heterocycles. The Morgan fingerprint density at radius 3 is 2.11 bits per heavy atom. The van der Waals surface area contributed by atoms with Crippen LogP contribution in [0.15, 0.2) is 6.07 Å².